The second-order valence-electron chi connectivity index (χ2n) is 4.56. The number of hydrogen-bond acceptors (Lipinski definition) is 3. The van der Waals surface area contributed by atoms with Crippen molar-refractivity contribution in [3.63, 3.8) is 0 Å². The van der Waals surface area contributed by atoms with Gasteiger partial charge in [-0.3, -0.25) is 10.1 Å². The average Bonchev–Trinajstić information content (AvgIpc) is 2.48. The van der Waals surface area contributed by atoms with Crippen LogP contribution in [0.5, 0.6) is 5.75 Å². The predicted molar refractivity (Wildman–Crippen MR) is 86.1 cm³/mol. The zero-order valence-corrected chi connectivity index (χ0v) is 13.2. The van der Waals surface area contributed by atoms with E-state index in [9.17, 15) is 10.1 Å². The van der Waals surface area contributed by atoms with Gasteiger partial charge in [-0.2, -0.15) is 0 Å². The first-order chi connectivity index (χ1) is 10.1. The van der Waals surface area contributed by atoms with Crippen LogP contribution in [0.4, 0.5) is 5.69 Å². The van der Waals surface area contributed by atoms with Gasteiger partial charge in [0.25, 0.3) is 5.69 Å². The molecule has 0 bridgehead atoms. The maximum Gasteiger partial charge on any atom is 0.272 e. The van der Waals surface area contributed by atoms with Crippen molar-refractivity contribution in [2.75, 3.05) is 6.61 Å². The molecular weight excluding hydrogens is 334 g/mol. The van der Waals surface area contributed by atoms with Crippen molar-refractivity contribution >= 4 is 21.6 Å². The van der Waals surface area contributed by atoms with E-state index in [1.165, 1.54) is 6.07 Å². The molecule has 0 saturated heterocycles. The number of benzene rings is 2. The Morgan fingerprint density at radius 3 is 2.48 bits per heavy atom. The highest BCUT2D eigenvalue weighted by atomic mass is 79.9. The predicted octanol–water partition coefficient (Wildman–Crippen LogP) is 4.67. The van der Waals surface area contributed by atoms with Crippen LogP contribution in [-0.2, 0) is 6.42 Å². The Morgan fingerprint density at radius 2 is 1.86 bits per heavy atom. The minimum Gasteiger partial charge on any atom is -0.494 e. The molecule has 0 fully saturated rings. The van der Waals surface area contributed by atoms with E-state index in [1.54, 1.807) is 12.1 Å². The first-order valence-corrected chi connectivity index (χ1v) is 7.62. The number of para-hydroxylation sites is 1. The summed E-state index contributed by atoms with van der Waals surface area (Å²) < 4.78 is 5.40. The molecule has 0 spiro atoms. The highest BCUT2D eigenvalue weighted by molar-refractivity contribution is 9.09. The van der Waals surface area contributed by atoms with Gasteiger partial charge in [-0.15, -0.1) is 0 Å². The fourth-order valence-corrected chi connectivity index (χ4v) is 2.77. The molecule has 0 saturated carbocycles. The fourth-order valence-electron chi connectivity index (χ4n) is 2.11. The molecule has 0 aliphatic rings. The van der Waals surface area contributed by atoms with Crippen molar-refractivity contribution in [2.24, 2.45) is 0 Å². The molecule has 0 amide bonds. The third-order valence-electron chi connectivity index (χ3n) is 3.14. The molecule has 110 valence electrons. The van der Waals surface area contributed by atoms with Gasteiger partial charge in [0.1, 0.15) is 5.75 Å². The quantitative estimate of drug-likeness (QED) is 0.432. The molecule has 0 radical (unpaired) electrons. The van der Waals surface area contributed by atoms with Gasteiger partial charge >= 0.3 is 0 Å². The SMILES string of the molecule is CCOc1ccc(C(Br)Cc2ccccc2[N+](=O)[O-])cc1. The number of alkyl halides is 1. The molecule has 21 heavy (non-hydrogen) atoms. The Morgan fingerprint density at radius 1 is 1.19 bits per heavy atom. The number of halogens is 1. The number of hydrogen-bond donors (Lipinski definition) is 0. The lowest BCUT2D eigenvalue weighted by molar-refractivity contribution is -0.385. The van der Waals surface area contributed by atoms with Gasteiger partial charge in [0, 0.05) is 16.5 Å². The summed E-state index contributed by atoms with van der Waals surface area (Å²) in [4.78, 5) is 10.7. The van der Waals surface area contributed by atoms with Gasteiger partial charge in [-0.25, -0.2) is 0 Å². The molecule has 2 aromatic rings. The summed E-state index contributed by atoms with van der Waals surface area (Å²) >= 11 is 3.61. The number of ether oxygens (including phenoxy) is 1. The highest BCUT2D eigenvalue weighted by Crippen LogP contribution is 2.31. The van der Waals surface area contributed by atoms with Crippen LogP contribution in [-0.4, -0.2) is 11.5 Å². The average molecular weight is 350 g/mol. The van der Waals surface area contributed by atoms with Crippen LogP contribution in [0.1, 0.15) is 22.9 Å². The lowest BCUT2D eigenvalue weighted by Crippen LogP contribution is -2.00. The monoisotopic (exact) mass is 349 g/mol. The van der Waals surface area contributed by atoms with E-state index in [1.807, 2.05) is 37.3 Å². The molecule has 4 nitrogen and oxygen atoms in total. The molecule has 2 rings (SSSR count). The second-order valence-corrected chi connectivity index (χ2v) is 5.66. The molecule has 0 aromatic heterocycles. The van der Waals surface area contributed by atoms with Crippen LogP contribution in [0, 0.1) is 10.1 Å². The third-order valence-corrected chi connectivity index (χ3v) is 3.99. The number of nitrogens with zero attached hydrogens (tertiary/aromatic N) is 1. The van der Waals surface area contributed by atoms with Gasteiger partial charge in [0.2, 0.25) is 0 Å². The molecule has 5 heteroatoms. The van der Waals surface area contributed by atoms with Gasteiger partial charge in [-0.1, -0.05) is 46.3 Å². The van der Waals surface area contributed by atoms with Crippen molar-refractivity contribution in [3.8, 4) is 5.75 Å². The van der Waals surface area contributed by atoms with Gasteiger partial charge in [0.15, 0.2) is 0 Å². The van der Waals surface area contributed by atoms with E-state index >= 15 is 0 Å². The van der Waals surface area contributed by atoms with Gasteiger partial charge in [-0.05, 0) is 31.0 Å². The third kappa shape index (κ3) is 4.04. The molecule has 0 aliphatic carbocycles. The number of nitro benzene ring substituents is 1. The summed E-state index contributed by atoms with van der Waals surface area (Å²) in [6.45, 7) is 2.57. The Kier molecular flexibility index (Phi) is 5.33. The Balaban J connectivity index is 2.14. The first-order valence-electron chi connectivity index (χ1n) is 6.71. The van der Waals surface area contributed by atoms with Crippen molar-refractivity contribution in [3.05, 3.63) is 69.8 Å². The summed E-state index contributed by atoms with van der Waals surface area (Å²) in [5.41, 5.74) is 1.95. The lowest BCUT2D eigenvalue weighted by Gasteiger charge is -2.11. The summed E-state index contributed by atoms with van der Waals surface area (Å²) in [6.07, 6.45) is 0.561. The summed E-state index contributed by atoms with van der Waals surface area (Å²) in [5.74, 6) is 0.826. The van der Waals surface area contributed by atoms with Crippen LogP contribution in [0.15, 0.2) is 48.5 Å². The first kappa shape index (κ1) is 15.5. The van der Waals surface area contributed by atoms with Crippen LogP contribution >= 0.6 is 15.9 Å². The van der Waals surface area contributed by atoms with E-state index in [0.717, 1.165) is 16.9 Å². The van der Waals surface area contributed by atoms with E-state index in [-0.39, 0.29) is 15.4 Å². The maximum atomic E-state index is 11.0. The molecule has 0 heterocycles. The summed E-state index contributed by atoms with van der Waals surface area (Å²) in [5, 5.41) is 11.0. The van der Waals surface area contributed by atoms with E-state index in [0.29, 0.717) is 13.0 Å². The van der Waals surface area contributed by atoms with E-state index < -0.39 is 0 Å². The molecular formula is C16H16BrNO3. The minimum absolute atomic E-state index is 0.0225. The maximum absolute atomic E-state index is 11.0. The Labute approximate surface area is 132 Å². The Bertz CT molecular complexity index is 613. The topological polar surface area (TPSA) is 52.4 Å². The van der Waals surface area contributed by atoms with Crippen molar-refractivity contribution in [1.82, 2.24) is 0 Å². The fraction of sp³-hybridized carbons (Fsp3) is 0.250. The molecule has 1 atom stereocenters. The molecule has 0 aliphatic heterocycles. The van der Waals surface area contributed by atoms with Crippen molar-refractivity contribution < 1.29 is 9.66 Å². The van der Waals surface area contributed by atoms with Crippen molar-refractivity contribution in [2.45, 2.75) is 18.2 Å². The smallest absolute Gasteiger partial charge is 0.272 e. The molecule has 2 aromatic carbocycles. The summed E-state index contributed by atoms with van der Waals surface area (Å²) in [6, 6.07) is 14.6. The zero-order chi connectivity index (χ0) is 15.2. The van der Waals surface area contributed by atoms with E-state index in [4.69, 9.17) is 4.74 Å². The van der Waals surface area contributed by atoms with Crippen LogP contribution in [0.25, 0.3) is 0 Å². The Hall–Kier alpha value is -1.88. The largest absolute Gasteiger partial charge is 0.494 e. The number of nitro groups is 1. The second kappa shape index (κ2) is 7.22. The van der Waals surface area contributed by atoms with Crippen LogP contribution in [0.2, 0.25) is 0 Å². The molecule has 0 N–H and O–H groups in total. The zero-order valence-electron chi connectivity index (χ0n) is 11.7. The van der Waals surface area contributed by atoms with Crippen molar-refractivity contribution in [1.29, 1.82) is 0 Å². The normalized spacial score (nSPS) is 11.9. The minimum atomic E-state index is -0.340. The highest BCUT2D eigenvalue weighted by Gasteiger charge is 2.16. The lowest BCUT2D eigenvalue weighted by atomic mass is 10.0. The molecule has 1 unspecified atom stereocenters. The summed E-state index contributed by atoms with van der Waals surface area (Å²) in [7, 11) is 0. The van der Waals surface area contributed by atoms with E-state index in [2.05, 4.69) is 15.9 Å². The van der Waals surface area contributed by atoms with Crippen LogP contribution < -0.4 is 4.74 Å². The van der Waals surface area contributed by atoms with Crippen LogP contribution in [0.3, 0.4) is 0 Å². The van der Waals surface area contributed by atoms with Gasteiger partial charge in [0.05, 0.1) is 11.5 Å². The number of rotatable bonds is 6. The van der Waals surface area contributed by atoms with Gasteiger partial charge < -0.3 is 4.74 Å². The standard InChI is InChI=1S/C16H16BrNO3/c1-2-21-14-9-7-12(8-10-14)15(17)11-13-5-3-4-6-16(13)18(19)20/h3-10,15H,2,11H2,1H3.